The van der Waals surface area contributed by atoms with Crippen LogP contribution in [0.25, 0.3) is 0 Å². The smallest absolute Gasteiger partial charge is 0.250 e. The van der Waals surface area contributed by atoms with Crippen molar-refractivity contribution in [3.63, 3.8) is 0 Å². The highest BCUT2D eigenvalue weighted by Crippen LogP contribution is 2.60. The Balaban J connectivity index is 1.62. The van der Waals surface area contributed by atoms with Gasteiger partial charge in [0.1, 0.15) is 16.2 Å². The maximum Gasteiger partial charge on any atom is 0.250 e. The molecule has 0 aromatic heterocycles. The van der Waals surface area contributed by atoms with Gasteiger partial charge in [-0.15, -0.1) is 11.8 Å². The number of amides is 1. The molecule has 4 nitrogen and oxygen atoms in total. The normalized spacial score (nSPS) is 19.2. The van der Waals surface area contributed by atoms with Crippen molar-refractivity contribution in [3.05, 3.63) is 126 Å². The minimum atomic E-state index is -0.774. The standard InChI is InChI=1S/C30H27NO3S/c1-33-26-17-13-24(14-18-26)30(35-21-22-9-5-3-6-10-22)28(23-11-7-4-8-12-23)31(29(30)32)25-15-19-27(34-2)20-16-25/h3-20,28H,21H2,1-2H3/t28-,30-/m1/s1. The first-order valence-electron chi connectivity index (χ1n) is 11.5. The third-order valence-electron chi connectivity index (χ3n) is 6.47. The van der Waals surface area contributed by atoms with Crippen LogP contribution in [0.1, 0.15) is 22.7 Å². The number of nitrogens with zero attached hydrogens (tertiary/aromatic N) is 1. The van der Waals surface area contributed by atoms with Crippen molar-refractivity contribution in [3.8, 4) is 11.5 Å². The van der Waals surface area contributed by atoms with Crippen molar-refractivity contribution >= 4 is 23.4 Å². The number of anilines is 1. The molecule has 35 heavy (non-hydrogen) atoms. The number of hydrogen-bond acceptors (Lipinski definition) is 4. The first-order chi connectivity index (χ1) is 17.2. The van der Waals surface area contributed by atoms with Crippen LogP contribution in [0.3, 0.4) is 0 Å². The monoisotopic (exact) mass is 481 g/mol. The van der Waals surface area contributed by atoms with Crippen molar-refractivity contribution in [2.24, 2.45) is 0 Å². The molecule has 0 saturated carbocycles. The quantitative estimate of drug-likeness (QED) is 0.265. The Morgan fingerprint density at radius 1 is 0.743 bits per heavy atom. The summed E-state index contributed by atoms with van der Waals surface area (Å²) in [6, 6.07) is 36.0. The van der Waals surface area contributed by atoms with Crippen LogP contribution in [-0.4, -0.2) is 20.1 Å². The van der Waals surface area contributed by atoms with Crippen LogP contribution in [-0.2, 0) is 15.3 Å². The largest absolute Gasteiger partial charge is 0.497 e. The van der Waals surface area contributed by atoms with Gasteiger partial charge in [-0.1, -0.05) is 72.8 Å². The Labute approximate surface area is 210 Å². The zero-order chi connectivity index (χ0) is 24.3. The van der Waals surface area contributed by atoms with E-state index in [2.05, 4.69) is 24.3 Å². The summed E-state index contributed by atoms with van der Waals surface area (Å²) in [5.41, 5.74) is 4.11. The highest BCUT2D eigenvalue weighted by Gasteiger charge is 2.63. The van der Waals surface area contributed by atoms with Gasteiger partial charge in [0.2, 0.25) is 0 Å². The van der Waals surface area contributed by atoms with Gasteiger partial charge in [0.15, 0.2) is 0 Å². The molecule has 1 heterocycles. The Morgan fingerprint density at radius 2 is 1.29 bits per heavy atom. The van der Waals surface area contributed by atoms with E-state index < -0.39 is 4.75 Å². The van der Waals surface area contributed by atoms with E-state index in [0.29, 0.717) is 0 Å². The van der Waals surface area contributed by atoms with Crippen molar-refractivity contribution in [1.82, 2.24) is 0 Å². The Hall–Kier alpha value is -3.70. The van der Waals surface area contributed by atoms with E-state index >= 15 is 0 Å². The summed E-state index contributed by atoms with van der Waals surface area (Å²) in [5.74, 6) is 2.32. The molecule has 1 aliphatic rings. The predicted octanol–water partition coefficient (Wildman–Crippen LogP) is 6.62. The molecular formula is C30H27NO3S. The molecule has 0 N–H and O–H groups in total. The van der Waals surface area contributed by atoms with Crippen molar-refractivity contribution in [2.45, 2.75) is 16.5 Å². The summed E-state index contributed by atoms with van der Waals surface area (Å²) in [6.45, 7) is 0. The number of benzene rings is 4. The molecule has 1 saturated heterocycles. The molecule has 0 radical (unpaired) electrons. The second kappa shape index (κ2) is 9.88. The topological polar surface area (TPSA) is 38.8 Å². The van der Waals surface area contributed by atoms with Gasteiger partial charge < -0.3 is 14.4 Å². The molecule has 4 aromatic rings. The van der Waals surface area contributed by atoms with Crippen molar-refractivity contribution < 1.29 is 14.3 Å². The molecule has 176 valence electrons. The van der Waals surface area contributed by atoms with Crippen LogP contribution in [0, 0.1) is 0 Å². The van der Waals surface area contributed by atoms with Crippen molar-refractivity contribution in [2.75, 3.05) is 19.1 Å². The summed E-state index contributed by atoms with van der Waals surface area (Å²) in [4.78, 5) is 16.2. The number of methoxy groups -OCH3 is 2. The SMILES string of the molecule is COc1ccc(N2C(=O)[C@@](SCc3ccccc3)(c3ccc(OC)cc3)[C@H]2c2ccccc2)cc1. The second-order valence-corrected chi connectivity index (χ2v) is 9.65. The number of carbonyl (C=O) groups is 1. The van der Waals surface area contributed by atoms with Gasteiger partial charge in [-0.3, -0.25) is 4.79 Å². The number of hydrogen-bond donors (Lipinski definition) is 0. The van der Waals surface area contributed by atoms with E-state index in [9.17, 15) is 4.79 Å². The average Bonchev–Trinajstić information content (AvgIpc) is 2.93. The fourth-order valence-electron chi connectivity index (χ4n) is 4.67. The summed E-state index contributed by atoms with van der Waals surface area (Å²) in [6.07, 6.45) is 0. The van der Waals surface area contributed by atoms with Crippen LogP contribution in [0.2, 0.25) is 0 Å². The number of ether oxygens (including phenoxy) is 2. The fourth-order valence-corrected chi connectivity index (χ4v) is 6.18. The molecule has 0 bridgehead atoms. The van der Waals surface area contributed by atoms with Gasteiger partial charge in [0, 0.05) is 11.4 Å². The molecule has 1 aliphatic heterocycles. The molecule has 4 aromatic carbocycles. The van der Waals surface area contributed by atoms with Gasteiger partial charge in [-0.2, -0.15) is 0 Å². The van der Waals surface area contributed by atoms with Crippen molar-refractivity contribution in [1.29, 1.82) is 0 Å². The summed E-state index contributed by atoms with van der Waals surface area (Å²) < 4.78 is 9.96. The van der Waals surface area contributed by atoms with Crippen LogP contribution < -0.4 is 14.4 Å². The lowest BCUT2D eigenvalue weighted by Gasteiger charge is -2.56. The summed E-state index contributed by atoms with van der Waals surface area (Å²) >= 11 is 1.69. The second-order valence-electron chi connectivity index (χ2n) is 8.42. The van der Waals surface area contributed by atoms with E-state index in [1.54, 1.807) is 26.0 Å². The molecule has 2 atom stereocenters. The van der Waals surface area contributed by atoms with E-state index in [-0.39, 0.29) is 11.9 Å². The maximum atomic E-state index is 14.2. The van der Waals surface area contributed by atoms with Gasteiger partial charge in [0.25, 0.3) is 5.91 Å². The zero-order valence-electron chi connectivity index (χ0n) is 19.8. The van der Waals surface area contributed by atoms with Gasteiger partial charge in [-0.25, -0.2) is 0 Å². The molecule has 1 amide bonds. The van der Waals surface area contributed by atoms with Gasteiger partial charge in [0.05, 0.1) is 20.3 Å². The Morgan fingerprint density at radius 3 is 1.86 bits per heavy atom. The molecular weight excluding hydrogens is 454 g/mol. The lowest BCUT2D eigenvalue weighted by atomic mass is 9.76. The fraction of sp³-hybridized carbons (Fsp3) is 0.167. The predicted molar refractivity (Wildman–Crippen MR) is 142 cm³/mol. The van der Waals surface area contributed by atoms with Crippen LogP contribution in [0.5, 0.6) is 11.5 Å². The molecule has 0 unspecified atom stereocenters. The summed E-state index contributed by atoms with van der Waals surface area (Å²) in [7, 11) is 3.30. The average molecular weight is 482 g/mol. The minimum Gasteiger partial charge on any atom is -0.497 e. The molecule has 5 heteroatoms. The Bertz CT molecular complexity index is 1280. The number of thioether (sulfide) groups is 1. The maximum absolute atomic E-state index is 14.2. The third kappa shape index (κ3) is 4.17. The highest BCUT2D eigenvalue weighted by atomic mass is 32.2. The third-order valence-corrected chi connectivity index (χ3v) is 8.04. The minimum absolute atomic E-state index is 0.0719. The van der Waals surface area contributed by atoms with E-state index in [1.165, 1.54) is 5.56 Å². The van der Waals surface area contributed by atoms with Crippen LogP contribution in [0.15, 0.2) is 109 Å². The zero-order valence-corrected chi connectivity index (χ0v) is 20.6. The lowest BCUT2D eigenvalue weighted by Crippen LogP contribution is -2.65. The van der Waals surface area contributed by atoms with E-state index in [1.807, 2.05) is 89.8 Å². The highest BCUT2D eigenvalue weighted by molar-refractivity contribution is 8.00. The van der Waals surface area contributed by atoms with Gasteiger partial charge >= 0.3 is 0 Å². The summed E-state index contributed by atoms with van der Waals surface area (Å²) in [5, 5.41) is 0. The molecule has 1 fully saturated rings. The first-order valence-corrected chi connectivity index (χ1v) is 12.5. The lowest BCUT2D eigenvalue weighted by molar-refractivity contribution is -0.128. The van der Waals surface area contributed by atoms with E-state index in [0.717, 1.165) is 34.1 Å². The number of β-lactam (4-membered cyclic amide) rings is 1. The number of rotatable bonds is 8. The number of carbonyl (C=O) groups excluding carboxylic acids is 1. The molecule has 0 spiro atoms. The molecule has 0 aliphatic carbocycles. The Kier molecular flexibility index (Phi) is 6.51. The van der Waals surface area contributed by atoms with Crippen LogP contribution in [0.4, 0.5) is 5.69 Å². The molecule has 5 rings (SSSR count). The van der Waals surface area contributed by atoms with Gasteiger partial charge in [-0.05, 0) is 53.1 Å². The van der Waals surface area contributed by atoms with Crippen LogP contribution >= 0.6 is 11.8 Å². The first kappa shape index (κ1) is 23.1. The van der Waals surface area contributed by atoms with E-state index in [4.69, 9.17) is 9.47 Å².